The van der Waals surface area contributed by atoms with Gasteiger partial charge in [0.05, 0.1) is 14.2 Å². The molecule has 1 N–H and O–H groups in total. The van der Waals surface area contributed by atoms with E-state index >= 15 is 0 Å². The van der Waals surface area contributed by atoms with Crippen molar-refractivity contribution in [2.24, 2.45) is 0 Å². The zero-order chi connectivity index (χ0) is 19.3. The monoisotopic (exact) mass is 356 g/mol. The van der Waals surface area contributed by atoms with Gasteiger partial charge in [-0.25, -0.2) is 0 Å². The molecule has 2 amide bonds. The van der Waals surface area contributed by atoms with Gasteiger partial charge in [-0.05, 0) is 36.8 Å². The van der Waals surface area contributed by atoms with E-state index in [9.17, 15) is 9.59 Å². The van der Waals surface area contributed by atoms with Gasteiger partial charge in [0.2, 0.25) is 0 Å². The lowest BCUT2D eigenvalue weighted by Crippen LogP contribution is -2.26. The van der Waals surface area contributed by atoms with Crippen LogP contribution < -0.4 is 14.8 Å². The molecule has 2 rings (SSSR count). The maximum Gasteiger partial charge on any atom is 0.254 e. The quantitative estimate of drug-likeness (QED) is 0.864. The normalized spacial score (nSPS) is 10.2. The molecule has 0 aromatic heterocycles. The number of rotatable bonds is 6. The van der Waals surface area contributed by atoms with Crippen LogP contribution in [0.4, 0.5) is 0 Å². The summed E-state index contributed by atoms with van der Waals surface area (Å²) in [5.41, 5.74) is 2.85. The zero-order valence-electron chi connectivity index (χ0n) is 15.8. The van der Waals surface area contributed by atoms with Crippen molar-refractivity contribution in [3.63, 3.8) is 0 Å². The van der Waals surface area contributed by atoms with Gasteiger partial charge >= 0.3 is 0 Å². The summed E-state index contributed by atoms with van der Waals surface area (Å²) in [6.45, 7) is 2.30. The molecule has 6 nitrogen and oxygen atoms in total. The van der Waals surface area contributed by atoms with Crippen molar-refractivity contribution in [2.45, 2.75) is 13.5 Å². The molecule has 0 unspecified atom stereocenters. The van der Waals surface area contributed by atoms with E-state index in [1.165, 1.54) is 0 Å². The minimum atomic E-state index is -0.142. The van der Waals surface area contributed by atoms with Gasteiger partial charge in [0.1, 0.15) is 11.5 Å². The standard InChI is InChI=1S/C20H24N2O4/c1-13-17(25-4)10-16(11-18(13)26-5)20(24)22(3)12-14-6-8-15(9-7-14)19(23)21-2/h6-11H,12H2,1-5H3,(H,21,23). The molecule has 0 saturated carbocycles. The van der Waals surface area contributed by atoms with Crippen molar-refractivity contribution in [1.82, 2.24) is 10.2 Å². The third-order valence-electron chi connectivity index (χ3n) is 4.21. The minimum absolute atomic E-state index is 0.139. The first-order valence-corrected chi connectivity index (χ1v) is 8.20. The van der Waals surface area contributed by atoms with Crippen molar-refractivity contribution < 1.29 is 19.1 Å². The van der Waals surface area contributed by atoms with Crippen LogP contribution >= 0.6 is 0 Å². The van der Waals surface area contributed by atoms with E-state index in [4.69, 9.17) is 9.47 Å². The number of ether oxygens (including phenoxy) is 2. The fourth-order valence-electron chi connectivity index (χ4n) is 2.68. The highest BCUT2D eigenvalue weighted by molar-refractivity contribution is 5.95. The average Bonchev–Trinajstić information content (AvgIpc) is 2.67. The summed E-state index contributed by atoms with van der Waals surface area (Å²) < 4.78 is 10.7. The fraction of sp³-hybridized carbons (Fsp3) is 0.300. The van der Waals surface area contributed by atoms with Gasteiger partial charge in [0.15, 0.2) is 0 Å². The lowest BCUT2D eigenvalue weighted by atomic mass is 10.1. The molecule has 0 saturated heterocycles. The Morgan fingerprint density at radius 3 is 2.00 bits per heavy atom. The first-order valence-electron chi connectivity index (χ1n) is 8.20. The molecular weight excluding hydrogens is 332 g/mol. The zero-order valence-corrected chi connectivity index (χ0v) is 15.8. The highest BCUT2D eigenvalue weighted by Crippen LogP contribution is 2.30. The Balaban J connectivity index is 2.18. The molecule has 6 heteroatoms. The highest BCUT2D eigenvalue weighted by atomic mass is 16.5. The molecule has 0 radical (unpaired) electrons. The maximum atomic E-state index is 12.8. The van der Waals surface area contributed by atoms with Crippen molar-refractivity contribution >= 4 is 11.8 Å². The fourth-order valence-corrected chi connectivity index (χ4v) is 2.68. The van der Waals surface area contributed by atoms with Crippen LogP contribution in [-0.2, 0) is 6.54 Å². The number of nitrogens with zero attached hydrogens (tertiary/aromatic N) is 1. The first-order chi connectivity index (χ1) is 12.4. The second-order valence-electron chi connectivity index (χ2n) is 5.94. The number of hydrogen-bond acceptors (Lipinski definition) is 4. The number of methoxy groups -OCH3 is 2. The van der Waals surface area contributed by atoms with Crippen LogP contribution in [0.25, 0.3) is 0 Å². The van der Waals surface area contributed by atoms with Crippen LogP contribution in [0.5, 0.6) is 11.5 Å². The second-order valence-corrected chi connectivity index (χ2v) is 5.94. The molecule has 0 heterocycles. The van der Waals surface area contributed by atoms with E-state index in [0.717, 1.165) is 11.1 Å². The number of hydrogen-bond donors (Lipinski definition) is 1. The largest absolute Gasteiger partial charge is 0.496 e. The molecule has 0 fully saturated rings. The Morgan fingerprint density at radius 1 is 1.00 bits per heavy atom. The molecule has 138 valence electrons. The Morgan fingerprint density at radius 2 is 1.54 bits per heavy atom. The first kappa shape index (κ1) is 19.3. The van der Waals surface area contributed by atoms with E-state index in [1.54, 1.807) is 57.5 Å². The third-order valence-corrected chi connectivity index (χ3v) is 4.21. The molecular formula is C20H24N2O4. The van der Waals surface area contributed by atoms with E-state index in [1.807, 2.05) is 19.1 Å². The molecule has 2 aromatic rings. The maximum absolute atomic E-state index is 12.8. The Kier molecular flexibility index (Phi) is 6.22. The summed E-state index contributed by atoms with van der Waals surface area (Å²) >= 11 is 0. The molecule has 0 atom stereocenters. The smallest absolute Gasteiger partial charge is 0.254 e. The number of carbonyl (C=O) groups is 2. The van der Waals surface area contributed by atoms with Crippen LogP contribution in [0.3, 0.4) is 0 Å². The molecule has 0 aliphatic heterocycles. The summed E-state index contributed by atoms with van der Waals surface area (Å²) in [5, 5.41) is 2.58. The van der Waals surface area contributed by atoms with Gasteiger partial charge in [-0.3, -0.25) is 9.59 Å². The number of amides is 2. The summed E-state index contributed by atoms with van der Waals surface area (Å²) in [4.78, 5) is 26.0. The molecule has 26 heavy (non-hydrogen) atoms. The van der Waals surface area contributed by atoms with Crippen molar-refractivity contribution in [1.29, 1.82) is 0 Å². The Bertz CT molecular complexity index is 775. The van der Waals surface area contributed by atoms with E-state index in [-0.39, 0.29) is 11.8 Å². The molecule has 0 bridgehead atoms. The van der Waals surface area contributed by atoms with Gasteiger partial charge in [0.25, 0.3) is 11.8 Å². The molecule has 2 aromatic carbocycles. The van der Waals surface area contributed by atoms with Gasteiger partial charge < -0.3 is 19.7 Å². The van der Waals surface area contributed by atoms with E-state index in [0.29, 0.717) is 29.2 Å². The topological polar surface area (TPSA) is 67.9 Å². The summed E-state index contributed by atoms with van der Waals surface area (Å²) in [6.07, 6.45) is 0. The minimum Gasteiger partial charge on any atom is -0.496 e. The summed E-state index contributed by atoms with van der Waals surface area (Å²) in [7, 11) is 6.45. The second kappa shape index (κ2) is 8.38. The molecule has 0 aliphatic carbocycles. The number of benzene rings is 2. The average molecular weight is 356 g/mol. The Hall–Kier alpha value is -3.02. The van der Waals surface area contributed by atoms with Gasteiger partial charge in [-0.1, -0.05) is 12.1 Å². The van der Waals surface area contributed by atoms with Crippen molar-refractivity contribution in [3.05, 3.63) is 58.7 Å². The van der Waals surface area contributed by atoms with Crippen LogP contribution in [0.1, 0.15) is 31.8 Å². The molecule has 0 aliphatic rings. The van der Waals surface area contributed by atoms with E-state index < -0.39 is 0 Å². The third kappa shape index (κ3) is 4.14. The lowest BCUT2D eigenvalue weighted by molar-refractivity contribution is 0.0784. The van der Waals surface area contributed by atoms with Crippen molar-refractivity contribution in [3.8, 4) is 11.5 Å². The molecule has 0 spiro atoms. The van der Waals surface area contributed by atoms with Gasteiger partial charge in [-0.2, -0.15) is 0 Å². The van der Waals surface area contributed by atoms with Crippen molar-refractivity contribution in [2.75, 3.05) is 28.3 Å². The number of carbonyl (C=O) groups excluding carboxylic acids is 2. The van der Waals surface area contributed by atoms with Crippen LogP contribution in [0, 0.1) is 6.92 Å². The highest BCUT2D eigenvalue weighted by Gasteiger charge is 2.17. The predicted molar refractivity (Wildman–Crippen MR) is 99.9 cm³/mol. The van der Waals surface area contributed by atoms with Crippen LogP contribution in [-0.4, -0.2) is 45.0 Å². The van der Waals surface area contributed by atoms with E-state index in [2.05, 4.69) is 5.32 Å². The van der Waals surface area contributed by atoms with Crippen LogP contribution in [0.15, 0.2) is 36.4 Å². The number of nitrogens with one attached hydrogen (secondary N) is 1. The Labute approximate surface area is 153 Å². The van der Waals surface area contributed by atoms with Gasteiger partial charge in [0, 0.05) is 37.3 Å². The van der Waals surface area contributed by atoms with Gasteiger partial charge in [-0.15, -0.1) is 0 Å². The summed E-state index contributed by atoms with van der Waals surface area (Å²) in [6, 6.07) is 10.6. The predicted octanol–water partition coefficient (Wildman–Crippen LogP) is 2.64. The lowest BCUT2D eigenvalue weighted by Gasteiger charge is -2.19. The SMILES string of the molecule is CNC(=O)c1ccc(CN(C)C(=O)c2cc(OC)c(C)c(OC)c2)cc1. The van der Waals surface area contributed by atoms with Crippen LogP contribution in [0.2, 0.25) is 0 Å². The summed E-state index contributed by atoms with van der Waals surface area (Å²) in [5.74, 6) is 0.934.